The quantitative estimate of drug-likeness (QED) is 0.513. The lowest BCUT2D eigenvalue weighted by Crippen LogP contribution is -2.49. The van der Waals surface area contributed by atoms with Crippen molar-refractivity contribution in [2.75, 3.05) is 19.8 Å². The Morgan fingerprint density at radius 2 is 2.00 bits per heavy atom. The summed E-state index contributed by atoms with van der Waals surface area (Å²) >= 11 is 0. The molecule has 0 spiro atoms. The molecule has 1 atom stereocenters. The van der Waals surface area contributed by atoms with Crippen LogP contribution in [-0.2, 0) is 4.74 Å². The van der Waals surface area contributed by atoms with E-state index in [0.29, 0.717) is 5.56 Å². The van der Waals surface area contributed by atoms with Gasteiger partial charge in [0, 0.05) is 12.1 Å². The third-order valence-corrected chi connectivity index (χ3v) is 2.98. The van der Waals surface area contributed by atoms with Gasteiger partial charge in [-0.3, -0.25) is 15.4 Å². The van der Waals surface area contributed by atoms with E-state index in [0.717, 1.165) is 0 Å². The van der Waals surface area contributed by atoms with Crippen molar-refractivity contribution in [3.63, 3.8) is 0 Å². The normalized spacial score (nSPS) is 22.0. The van der Waals surface area contributed by atoms with Crippen LogP contribution in [0, 0.1) is 10.1 Å². The van der Waals surface area contributed by atoms with Crippen LogP contribution in [0.15, 0.2) is 24.3 Å². The molecule has 1 aliphatic rings. The Balaban J connectivity index is 2.12. The lowest BCUT2D eigenvalue weighted by Gasteiger charge is -2.23. The number of nitro benzene ring substituents is 1. The second-order valence-corrected chi connectivity index (χ2v) is 4.28. The van der Waals surface area contributed by atoms with Gasteiger partial charge < -0.3 is 14.9 Å². The molecular weight excluding hydrogens is 240 g/mol. The van der Waals surface area contributed by atoms with Crippen LogP contribution in [0.5, 0.6) is 0 Å². The number of nitrogens with zero attached hydrogens (tertiary/aromatic N) is 1. The molecule has 0 aliphatic carbocycles. The predicted octanol–water partition coefficient (Wildman–Crippen LogP) is -0.0634. The maximum absolute atomic E-state index is 10.5. The summed E-state index contributed by atoms with van der Waals surface area (Å²) in [5.74, 6) is 0. The van der Waals surface area contributed by atoms with Crippen LogP contribution >= 0.6 is 0 Å². The van der Waals surface area contributed by atoms with Crippen LogP contribution in [-0.4, -0.2) is 40.5 Å². The molecule has 1 aromatic carbocycles. The number of aliphatic hydroxyl groups is 2. The Labute approximate surface area is 103 Å². The lowest BCUT2D eigenvalue weighted by atomic mass is 10.0. The maximum Gasteiger partial charge on any atom is 0.269 e. The van der Waals surface area contributed by atoms with Gasteiger partial charge in [-0.2, -0.15) is 0 Å². The van der Waals surface area contributed by atoms with E-state index < -0.39 is 16.7 Å². The van der Waals surface area contributed by atoms with Gasteiger partial charge in [0.2, 0.25) is 0 Å². The smallest absolute Gasteiger partial charge is 0.269 e. The van der Waals surface area contributed by atoms with E-state index in [2.05, 4.69) is 5.32 Å². The van der Waals surface area contributed by atoms with Crippen molar-refractivity contribution in [3.05, 3.63) is 39.9 Å². The molecule has 18 heavy (non-hydrogen) atoms. The fourth-order valence-electron chi connectivity index (χ4n) is 1.79. The first-order chi connectivity index (χ1) is 8.60. The highest BCUT2D eigenvalue weighted by Gasteiger charge is 2.39. The van der Waals surface area contributed by atoms with E-state index in [1.165, 1.54) is 12.1 Å². The van der Waals surface area contributed by atoms with Gasteiger partial charge in [-0.05, 0) is 17.7 Å². The second kappa shape index (κ2) is 4.99. The Hall–Kier alpha value is -1.54. The largest absolute Gasteiger partial charge is 0.394 e. The fourth-order valence-corrected chi connectivity index (χ4v) is 1.79. The minimum atomic E-state index is -0.855. The van der Waals surface area contributed by atoms with Crippen molar-refractivity contribution >= 4 is 5.69 Å². The molecule has 3 N–H and O–H groups in total. The van der Waals surface area contributed by atoms with Crippen LogP contribution in [0.3, 0.4) is 0 Å². The number of rotatable bonds is 4. The molecule has 7 heteroatoms. The van der Waals surface area contributed by atoms with Gasteiger partial charge in [0.05, 0.1) is 30.3 Å². The highest BCUT2D eigenvalue weighted by molar-refractivity contribution is 5.34. The average molecular weight is 254 g/mol. The Bertz CT molecular complexity index is 430. The van der Waals surface area contributed by atoms with Crippen molar-refractivity contribution in [1.29, 1.82) is 0 Å². The summed E-state index contributed by atoms with van der Waals surface area (Å²) in [5, 5.41) is 31.9. The minimum Gasteiger partial charge on any atom is -0.394 e. The van der Waals surface area contributed by atoms with Crippen molar-refractivity contribution in [2.45, 2.75) is 11.8 Å². The van der Waals surface area contributed by atoms with Crippen LogP contribution in [0.4, 0.5) is 5.69 Å². The predicted molar refractivity (Wildman–Crippen MR) is 61.8 cm³/mol. The van der Waals surface area contributed by atoms with Gasteiger partial charge in [-0.1, -0.05) is 0 Å². The van der Waals surface area contributed by atoms with E-state index in [9.17, 15) is 20.3 Å². The number of hydrogen-bond acceptors (Lipinski definition) is 6. The molecule has 0 aromatic heterocycles. The monoisotopic (exact) mass is 254 g/mol. The van der Waals surface area contributed by atoms with E-state index in [4.69, 9.17) is 4.74 Å². The van der Waals surface area contributed by atoms with E-state index in [1.54, 1.807) is 12.1 Å². The van der Waals surface area contributed by atoms with Gasteiger partial charge in [-0.25, -0.2) is 0 Å². The molecule has 1 fully saturated rings. The molecule has 0 unspecified atom stereocenters. The van der Waals surface area contributed by atoms with Crippen LogP contribution in [0.25, 0.3) is 0 Å². The maximum atomic E-state index is 10.5. The fraction of sp³-hybridized carbons (Fsp3) is 0.455. The average Bonchev–Trinajstić information content (AvgIpc) is 2.84. The zero-order chi connectivity index (χ0) is 13.2. The minimum absolute atomic E-state index is 0.00678. The Morgan fingerprint density at radius 3 is 2.44 bits per heavy atom. The molecule has 1 aromatic rings. The molecule has 7 nitrogen and oxygen atoms in total. The molecule has 0 bridgehead atoms. The van der Waals surface area contributed by atoms with Crippen molar-refractivity contribution in [2.24, 2.45) is 0 Å². The van der Waals surface area contributed by atoms with Crippen molar-refractivity contribution in [1.82, 2.24) is 5.32 Å². The van der Waals surface area contributed by atoms with Gasteiger partial charge in [0.25, 0.3) is 5.69 Å². The molecule has 2 rings (SSSR count). The highest BCUT2D eigenvalue weighted by atomic mass is 16.6. The van der Waals surface area contributed by atoms with Gasteiger partial charge in [-0.15, -0.1) is 0 Å². The number of benzene rings is 1. The summed E-state index contributed by atoms with van der Waals surface area (Å²) in [4.78, 5) is 10.0. The number of ether oxygens (including phenoxy) is 1. The number of non-ortho nitro benzene ring substituents is 1. The van der Waals surface area contributed by atoms with E-state index >= 15 is 0 Å². The molecule has 98 valence electrons. The van der Waals surface area contributed by atoms with Crippen molar-refractivity contribution < 1.29 is 19.9 Å². The van der Waals surface area contributed by atoms with Crippen molar-refractivity contribution in [3.8, 4) is 0 Å². The SMILES string of the molecule is O=[N+]([O-])c1ccc([C@H]2NC(CO)(CO)CO2)cc1. The van der Waals surface area contributed by atoms with E-state index in [-0.39, 0.29) is 25.5 Å². The highest BCUT2D eigenvalue weighted by Crippen LogP contribution is 2.27. The third kappa shape index (κ3) is 2.34. The molecule has 1 heterocycles. The first-order valence-corrected chi connectivity index (χ1v) is 5.45. The topological polar surface area (TPSA) is 105 Å². The number of aliphatic hydroxyl groups excluding tert-OH is 2. The van der Waals surface area contributed by atoms with Gasteiger partial charge >= 0.3 is 0 Å². The molecular formula is C11H14N2O5. The number of hydrogen-bond donors (Lipinski definition) is 3. The third-order valence-electron chi connectivity index (χ3n) is 2.98. The Kier molecular flexibility index (Phi) is 3.58. The zero-order valence-corrected chi connectivity index (χ0v) is 9.57. The second-order valence-electron chi connectivity index (χ2n) is 4.28. The Morgan fingerprint density at radius 1 is 1.39 bits per heavy atom. The summed E-state index contributed by atoms with van der Waals surface area (Å²) in [6.07, 6.45) is -0.481. The lowest BCUT2D eigenvalue weighted by molar-refractivity contribution is -0.384. The number of nitrogens with one attached hydrogen (secondary N) is 1. The first kappa shape index (κ1) is 12.9. The number of nitro groups is 1. The molecule has 0 saturated carbocycles. The van der Waals surface area contributed by atoms with Crippen LogP contribution in [0.1, 0.15) is 11.8 Å². The van der Waals surface area contributed by atoms with Gasteiger partial charge in [0.1, 0.15) is 6.23 Å². The summed E-state index contributed by atoms with van der Waals surface area (Å²) in [5.41, 5.74) is -0.136. The molecule has 0 radical (unpaired) electrons. The summed E-state index contributed by atoms with van der Waals surface area (Å²) in [6, 6.07) is 5.94. The first-order valence-electron chi connectivity index (χ1n) is 5.45. The molecule has 0 amide bonds. The summed E-state index contributed by atoms with van der Waals surface area (Å²) in [6.45, 7) is -0.304. The van der Waals surface area contributed by atoms with Crippen LogP contribution in [0.2, 0.25) is 0 Å². The summed E-state index contributed by atoms with van der Waals surface area (Å²) < 4.78 is 5.44. The zero-order valence-electron chi connectivity index (χ0n) is 9.57. The standard InChI is InChI=1S/C11H14N2O5/c14-5-11(6-15)7-18-10(12-11)8-1-3-9(4-2-8)13(16)17/h1-4,10,12,14-15H,5-7H2/t10-/m0/s1. The molecule has 1 saturated heterocycles. The van der Waals surface area contributed by atoms with E-state index in [1.807, 2.05) is 0 Å². The molecule has 1 aliphatic heterocycles. The van der Waals surface area contributed by atoms with Crippen LogP contribution < -0.4 is 5.32 Å². The summed E-state index contributed by atoms with van der Waals surface area (Å²) in [7, 11) is 0. The van der Waals surface area contributed by atoms with Gasteiger partial charge in [0.15, 0.2) is 0 Å².